The van der Waals surface area contributed by atoms with E-state index in [0.29, 0.717) is 6.04 Å². The number of benzene rings is 1. The van der Waals surface area contributed by atoms with E-state index < -0.39 is 0 Å². The van der Waals surface area contributed by atoms with E-state index in [4.69, 9.17) is 11.6 Å². The molecule has 3 heteroatoms. The van der Waals surface area contributed by atoms with Crippen LogP contribution in [0.15, 0.2) is 18.2 Å². The first-order valence-corrected chi connectivity index (χ1v) is 7.57. The van der Waals surface area contributed by atoms with E-state index in [2.05, 4.69) is 50.0 Å². The highest BCUT2D eigenvalue weighted by Crippen LogP contribution is 2.36. The second-order valence-electron chi connectivity index (χ2n) is 6.38. The number of halogens is 1. The molecule has 1 aliphatic rings. The Morgan fingerprint density at radius 3 is 2.68 bits per heavy atom. The molecule has 0 bridgehead atoms. The number of nitrogens with zero attached hydrogens (tertiary/aromatic N) is 1. The summed E-state index contributed by atoms with van der Waals surface area (Å²) >= 11 is 6.16. The molecule has 1 fully saturated rings. The van der Waals surface area contributed by atoms with Crippen molar-refractivity contribution in [2.24, 2.45) is 0 Å². The van der Waals surface area contributed by atoms with E-state index in [1.807, 2.05) is 6.07 Å². The summed E-state index contributed by atoms with van der Waals surface area (Å²) < 4.78 is 0. The number of nitrogens with one attached hydrogen (secondary N) is 1. The molecule has 0 amide bonds. The molecule has 0 radical (unpaired) electrons. The van der Waals surface area contributed by atoms with Gasteiger partial charge in [0.2, 0.25) is 0 Å². The van der Waals surface area contributed by atoms with Gasteiger partial charge in [0.15, 0.2) is 0 Å². The van der Waals surface area contributed by atoms with Gasteiger partial charge in [-0.15, -0.1) is 0 Å². The largest absolute Gasteiger partial charge is 0.366 e. The second-order valence-corrected chi connectivity index (χ2v) is 6.81. The van der Waals surface area contributed by atoms with Gasteiger partial charge < -0.3 is 10.2 Å². The molecule has 1 heterocycles. The van der Waals surface area contributed by atoms with Gasteiger partial charge in [0.05, 0.1) is 0 Å². The minimum atomic E-state index is 0.250. The van der Waals surface area contributed by atoms with Crippen LogP contribution in [-0.4, -0.2) is 18.1 Å². The quantitative estimate of drug-likeness (QED) is 0.888. The van der Waals surface area contributed by atoms with Crippen molar-refractivity contribution >= 4 is 17.3 Å². The molecule has 1 N–H and O–H groups in total. The molecule has 19 heavy (non-hydrogen) atoms. The lowest BCUT2D eigenvalue weighted by molar-refractivity contribution is 0.514. The van der Waals surface area contributed by atoms with Crippen molar-refractivity contribution < 1.29 is 0 Å². The van der Waals surface area contributed by atoms with Gasteiger partial charge in [0.1, 0.15) is 0 Å². The molecule has 0 saturated carbocycles. The highest BCUT2D eigenvalue weighted by Gasteiger charge is 2.32. The fourth-order valence-corrected chi connectivity index (χ4v) is 3.02. The molecular weight excluding hydrogens is 256 g/mol. The molecular formula is C16H25ClN2. The van der Waals surface area contributed by atoms with Crippen LogP contribution in [-0.2, 0) is 6.54 Å². The Labute approximate surface area is 122 Å². The third-order valence-electron chi connectivity index (χ3n) is 3.93. The smallest absolute Gasteiger partial charge is 0.0417 e. The normalized spacial score (nSPS) is 18.3. The van der Waals surface area contributed by atoms with Crippen molar-refractivity contribution in [3.05, 3.63) is 28.8 Å². The average molecular weight is 281 g/mol. The average Bonchev–Trinajstić information content (AvgIpc) is 2.66. The van der Waals surface area contributed by atoms with E-state index in [-0.39, 0.29) is 5.54 Å². The number of hydrogen-bond acceptors (Lipinski definition) is 2. The molecule has 1 saturated heterocycles. The van der Waals surface area contributed by atoms with E-state index in [1.165, 1.54) is 24.1 Å². The predicted molar refractivity (Wildman–Crippen MR) is 84.1 cm³/mol. The standard InChI is InChI=1S/C16H25ClN2/c1-12(2)18-11-13-10-14(17)6-7-15(13)19-9-5-8-16(19,3)4/h6-7,10,12,18H,5,8-9,11H2,1-4H3. The van der Waals surface area contributed by atoms with Crippen molar-refractivity contribution in [1.82, 2.24) is 5.32 Å². The van der Waals surface area contributed by atoms with Crippen LogP contribution in [0.3, 0.4) is 0 Å². The minimum absolute atomic E-state index is 0.250. The molecule has 1 aromatic rings. The highest BCUT2D eigenvalue weighted by molar-refractivity contribution is 6.30. The number of anilines is 1. The summed E-state index contributed by atoms with van der Waals surface area (Å²) in [6.45, 7) is 11.0. The van der Waals surface area contributed by atoms with Crippen molar-refractivity contribution in [2.75, 3.05) is 11.4 Å². The number of rotatable bonds is 4. The van der Waals surface area contributed by atoms with Gasteiger partial charge in [-0.1, -0.05) is 25.4 Å². The van der Waals surface area contributed by atoms with E-state index in [9.17, 15) is 0 Å². The van der Waals surface area contributed by atoms with Gasteiger partial charge in [-0.2, -0.15) is 0 Å². The van der Waals surface area contributed by atoms with E-state index in [1.54, 1.807) is 0 Å². The van der Waals surface area contributed by atoms with E-state index in [0.717, 1.165) is 18.1 Å². The van der Waals surface area contributed by atoms with Gasteiger partial charge in [-0.3, -0.25) is 0 Å². The highest BCUT2D eigenvalue weighted by atomic mass is 35.5. The molecule has 0 unspecified atom stereocenters. The van der Waals surface area contributed by atoms with Crippen LogP contribution in [0.25, 0.3) is 0 Å². The van der Waals surface area contributed by atoms with Crippen LogP contribution in [0.4, 0.5) is 5.69 Å². The summed E-state index contributed by atoms with van der Waals surface area (Å²) in [7, 11) is 0. The molecule has 1 aliphatic heterocycles. The van der Waals surface area contributed by atoms with Crippen molar-refractivity contribution in [2.45, 2.75) is 58.7 Å². The summed E-state index contributed by atoms with van der Waals surface area (Å²) in [6, 6.07) is 6.76. The maximum atomic E-state index is 6.16. The second kappa shape index (κ2) is 5.72. The SMILES string of the molecule is CC(C)NCc1cc(Cl)ccc1N1CCCC1(C)C. The molecule has 2 nitrogen and oxygen atoms in total. The first-order chi connectivity index (χ1) is 8.90. The lowest BCUT2D eigenvalue weighted by atomic mass is 10.0. The zero-order valence-electron chi connectivity index (χ0n) is 12.5. The Balaban J connectivity index is 2.28. The fraction of sp³-hybridized carbons (Fsp3) is 0.625. The van der Waals surface area contributed by atoms with Gasteiger partial charge in [0.25, 0.3) is 0 Å². The van der Waals surface area contributed by atoms with Crippen LogP contribution in [0.2, 0.25) is 5.02 Å². The summed E-state index contributed by atoms with van der Waals surface area (Å²) in [5, 5.41) is 4.32. The maximum absolute atomic E-state index is 6.16. The first-order valence-electron chi connectivity index (χ1n) is 7.19. The Morgan fingerprint density at radius 2 is 2.11 bits per heavy atom. The van der Waals surface area contributed by atoms with Crippen molar-refractivity contribution in [3.63, 3.8) is 0 Å². The molecule has 0 spiro atoms. The zero-order chi connectivity index (χ0) is 14.0. The predicted octanol–water partition coefficient (Wildman–Crippen LogP) is 4.22. The van der Waals surface area contributed by atoms with Crippen molar-refractivity contribution in [3.8, 4) is 0 Å². The van der Waals surface area contributed by atoms with Crippen LogP contribution < -0.4 is 10.2 Å². The van der Waals surface area contributed by atoms with Gasteiger partial charge >= 0.3 is 0 Å². The Hall–Kier alpha value is -0.730. The monoisotopic (exact) mass is 280 g/mol. The Bertz CT molecular complexity index is 440. The molecule has 0 atom stereocenters. The first kappa shape index (κ1) is 14.7. The van der Waals surface area contributed by atoms with Crippen LogP contribution in [0.1, 0.15) is 46.1 Å². The maximum Gasteiger partial charge on any atom is 0.0417 e. The lowest BCUT2D eigenvalue weighted by Gasteiger charge is -2.35. The van der Waals surface area contributed by atoms with Crippen LogP contribution in [0.5, 0.6) is 0 Å². The van der Waals surface area contributed by atoms with Gasteiger partial charge in [-0.05, 0) is 50.5 Å². The fourth-order valence-electron chi connectivity index (χ4n) is 2.83. The van der Waals surface area contributed by atoms with Crippen LogP contribution >= 0.6 is 11.6 Å². The topological polar surface area (TPSA) is 15.3 Å². The summed E-state index contributed by atoms with van der Waals surface area (Å²) in [5.41, 5.74) is 2.89. The third-order valence-corrected chi connectivity index (χ3v) is 4.17. The lowest BCUT2D eigenvalue weighted by Crippen LogP contribution is -2.39. The van der Waals surface area contributed by atoms with Gasteiger partial charge in [0, 0.05) is 35.4 Å². The van der Waals surface area contributed by atoms with Gasteiger partial charge in [-0.25, -0.2) is 0 Å². The minimum Gasteiger partial charge on any atom is -0.366 e. The molecule has 0 aliphatic carbocycles. The summed E-state index contributed by atoms with van der Waals surface area (Å²) in [5.74, 6) is 0. The molecule has 106 valence electrons. The summed E-state index contributed by atoms with van der Waals surface area (Å²) in [4.78, 5) is 2.53. The zero-order valence-corrected chi connectivity index (χ0v) is 13.2. The molecule has 0 aromatic heterocycles. The molecule has 2 rings (SSSR count). The van der Waals surface area contributed by atoms with Crippen molar-refractivity contribution in [1.29, 1.82) is 0 Å². The van der Waals surface area contributed by atoms with E-state index >= 15 is 0 Å². The summed E-state index contributed by atoms with van der Waals surface area (Å²) in [6.07, 6.45) is 2.53. The Kier molecular flexibility index (Phi) is 4.42. The number of hydrogen-bond donors (Lipinski definition) is 1. The Morgan fingerprint density at radius 1 is 1.37 bits per heavy atom. The molecule has 1 aromatic carbocycles. The third kappa shape index (κ3) is 3.43. The van der Waals surface area contributed by atoms with Crippen LogP contribution in [0, 0.1) is 0 Å².